The maximum absolute atomic E-state index is 14.9. The van der Waals surface area contributed by atoms with E-state index in [0.29, 0.717) is 16.7 Å². The number of aliphatic hydroxyl groups excluding tert-OH is 4. The SMILES string of the molecule is CC(C)[C@H](NC(=O)[C@H](CCCNC(=N)N)NC(=O)[C@H](CO)NC(=O)[C@H](C)NC(=O)[C@@H]1CCCN1C(=O)[C@H](CCCNC(=N)N)NC(=O)[C@H](CO)NC(=O)[C@H](Cc1ccccc1)NC(=O)[C@H](Cc1ccc(O)cc1)NC(=O)[C@H](Cc1ccccc1)NC(=O)CN)C(=O)N[C@@H](CO)C(=O)N[C@@H](CCCNC(=N)N)C(=O)N[C@@H](CCCNC(=N)N)C(=O)N[C@@H](CO)C(=O)N[C@@H](CCCNC(=N)N)C(=O)O. The molecule has 1 saturated heterocycles. The summed E-state index contributed by atoms with van der Waals surface area (Å²) in [5.74, 6) is -20.2. The van der Waals surface area contributed by atoms with Crippen LogP contribution in [0.2, 0.25) is 0 Å². The minimum atomic E-state index is -1.92. The summed E-state index contributed by atoms with van der Waals surface area (Å²) in [7, 11) is 0. The van der Waals surface area contributed by atoms with Crippen LogP contribution in [0.15, 0.2) is 84.9 Å². The summed E-state index contributed by atoms with van der Waals surface area (Å²) in [5.41, 5.74) is 34.4. The van der Waals surface area contributed by atoms with E-state index >= 15 is 0 Å². The number of nitrogens with zero attached hydrogens (tertiary/aromatic N) is 1. The molecule has 3 aromatic carbocycles. The molecule has 0 spiro atoms. The summed E-state index contributed by atoms with van der Waals surface area (Å²) in [6.07, 6.45) is -1.59. The smallest absolute Gasteiger partial charge is 0.326 e. The molecule has 0 unspecified atom stereocenters. The highest BCUT2D eigenvalue weighted by Crippen LogP contribution is 2.22. The number of guanidine groups is 5. The summed E-state index contributed by atoms with van der Waals surface area (Å²) >= 11 is 0. The van der Waals surface area contributed by atoms with Crippen LogP contribution in [0, 0.1) is 33.0 Å². The van der Waals surface area contributed by atoms with Crippen molar-refractivity contribution < 1.29 is 107 Å². The predicted molar refractivity (Wildman–Crippen MR) is 495 cm³/mol. The molecule has 137 heavy (non-hydrogen) atoms. The van der Waals surface area contributed by atoms with E-state index in [2.05, 4.69) is 101 Å². The molecule has 756 valence electrons. The number of benzene rings is 3. The van der Waals surface area contributed by atoms with Crippen molar-refractivity contribution in [2.24, 2.45) is 40.3 Å². The maximum atomic E-state index is 14.9. The number of carboxylic acid groups (broad SMARTS) is 1. The number of carbonyl (C=O) groups is 16. The molecule has 1 heterocycles. The van der Waals surface area contributed by atoms with Gasteiger partial charge in [-0.25, -0.2) is 4.79 Å². The molecule has 0 radical (unpaired) electrons. The zero-order valence-electron chi connectivity index (χ0n) is 76.3. The molecular weight excluding hydrogens is 1800 g/mol. The first-order valence-electron chi connectivity index (χ1n) is 44.2. The molecule has 42 N–H and O–H groups in total. The van der Waals surface area contributed by atoms with Crippen molar-refractivity contribution >= 4 is 124 Å². The number of aliphatic carboxylic acids is 1. The molecule has 3 aromatic rings. The topological polar surface area (TPSA) is 902 Å². The van der Waals surface area contributed by atoms with Crippen LogP contribution >= 0.6 is 0 Å². The van der Waals surface area contributed by atoms with Gasteiger partial charge in [0.15, 0.2) is 29.8 Å². The van der Waals surface area contributed by atoms with Gasteiger partial charge in [0.25, 0.3) is 0 Å². The molecule has 1 fully saturated rings. The van der Waals surface area contributed by atoms with E-state index in [4.69, 9.17) is 61.4 Å². The summed E-state index contributed by atoms with van der Waals surface area (Å²) < 4.78 is 0. The van der Waals surface area contributed by atoms with Crippen molar-refractivity contribution in [3.63, 3.8) is 0 Å². The van der Waals surface area contributed by atoms with E-state index in [1.165, 1.54) is 45.0 Å². The van der Waals surface area contributed by atoms with Crippen LogP contribution < -0.4 is 135 Å². The average molecular weight is 1930 g/mol. The van der Waals surface area contributed by atoms with Gasteiger partial charge < -0.3 is 171 Å². The van der Waals surface area contributed by atoms with Crippen LogP contribution in [0.1, 0.15) is 115 Å². The maximum Gasteiger partial charge on any atom is 0.326 e. The van der Waals surface area contributed by atoms with E-state index in [1.54, 1.807) is 60.7 Å². The van der Waals surface area contributed by atoms with Crippen molar-refractivity contribution in [3.8, 4) is 5.75 Å². The Kier molecular flexibility index (Phi) is 50.5. The fourth-order valence-corrected chi connectivity index (χ4v) is 13.9. The van der Waals surface area contributed by atoms with Gasteiger partial charge in [-0.1, -0.05) is 86.6 Å². The van der Waals surface area contributed by atoms with Crippen molar-refractivity contribution in [1.82, 2.24) is 106 Å². The van der Waals surface area contributed by atoms with E-state index in [0.717, 1.165) is 4.90 Å². The Balaban J connectivity index is 1.54. The number of carboxylic acids is 1. The third-order valence-electron chi connectivity index (χ3n) is 21.2. The number of phenols is 1. The fourth-order valence-electron chi connectivity index (χ4n) is 13.9. The molecule has 53 heteroatoms. The van der Waals surface area contributed by atoms with Crippen LogP contribution in [0.4, 0.5) is 0 Å². The second-order valence-corrected chi connectivity index (χ2v) is 32.4. The molecular formula is C84H133N31O22. The van der Waals surface area contributed by atoms with E-state index in [-0.39, 0.29) is 141 Å². The summed E-state index contributed by atoms with van der Waals surface area (Å²) in [6.45, 7) is -1.13. The highest BCUT2D eigenvalue weighted by atomic mass is 16.4. The Labute approximate surface area is 789 Å². The predicted octanol–water partition coefficient (Wildman–Crippen LogP) is -11.8. The normalized spacial score (nSPS) is 15.1. The quantitative estimate of drug-likeness (QED) is 0.0142. The molecule has 0 bridgehead atoms. The third-order valence-corrected chi connectivity index (χ3v) is 21.2. The second-order valence-electron chi connectivity index (χ2n) is 32.4. The lowest BCUT2D eigenvalue weighted by Gasteiger charge is -2.31. The number of nitrogens with one attached hydrogen (secondary N) is 24. The standard InChI is InChI=1S/C84H133N31O22/c1-44(2)64(77(134)113-61(43-119)73(130)104-50(20-10-30-96-80(86)87)66(123)103-51(21-11-31-97-81(88)89)67(124)111-60(42-118)75(132)107-54(79(136)137)24-14-34-100-84(94)95)114-68(125)52(22-12-32-98-82(90)91)105-72(129)58(40-116)110-65(122)45(3)101-76(133)62-25-15-35-115(62)78(135)53(23-13-33-99-83(92)93)106-74(131)59(41-117)112-71(128)56(37-47-18-8-5-9-19-47)109-70(127)57(38-48-26-28-49(120)29-27-48)108-69(126)55(102-63(121)39-85)36-46-16-6-4-7-17-46/h4-9,16-19,26-29,44-45,50-62,64,116-120H,10-15,20-25,30-43,85H2,1-3H3,(H,101,133)(H,102,121)(H,103,123)(H,104,130)(H,105,129)(H,106,131)(H,107,132)(H,108,126)(H,109,127)(H,110,122)(H,111,124)(H,112,128)(H,113,134)(H,114,125)(H,136,137)(H4,86,87,96)(H4,88,89,97)(H4,90,91,98)(H4,92,93,99)(H4,94,95,100)/t45-,50-,51-,52-,53-,54-,55-,56-,57-,58-,59-,60-,61-,62-,64-/m0/s1. The molecule has 15 amide bonds. The lowest BCUT2D eigenvalue weighted by molar-refractivity contribution is -0.143. The van der Waals surface area contributed by atoms with E-state index in [1.807, 2.05) is 0 Å². The van der Waals surface area contributed by atoms with E-state index < -0.39 is 254 Å². The number of rotatable bonds is 61. The Morgan fingerprint density at radius 2 is 0.642 bits per heavy atom. The monoisotopic (exact) mass is 1930 g/mol. The summed E-state index contributed by atoms with van der Waals surface area (Å²) in [5, 5.41) is 147. The van der Waals surface area contributed by atoms with Gasteiger partial charge in [0.2, 0.25) is 88.6 Å². The van der Waals surface area contributed by atoms with Gasteiger partial charge in [0, 0.05) is 58.5 Å². The van der Waals surface area contributed by atoms with Crippen molar-refractivity contribution in [2.45, 2.75) is 208 Å². The molecule has 0 saturated carbocycles. The van der Waals surface area contributed by atoms with Crippen LogP contribution in [0.25, 0.3) is 0 Å². The number of aromatic hydroxyl groups is 1. The van der Waals surface area contributed by atoms with Gasteiger partial charge >= 0.3 is 5.97 Å². The number of phenolic OH excluding ortho intramolecular Hbond substituents is 1. The third kappa shape index (κ3) is 42.1. The fraction of sp³-hybridized carbons (Fsp3) is 0.536. The molecule has 15 atom stereocenters. The number of amides is 15. The lowest BCUT2D eigenvalue weighted by Crippen LogP contribution is -2.62. The van der Waals surface area contributed by atoms with Crippen LogP contribution in [0.3, 0.4) is 0 Å². The number of aliphatic hydroxyl groups is 4. The van der Waals surface area contributed by atoms with Crippen LogP contribution in [0.5, 0.6) is 5.75 Å². The van der Waals surface area contributed by atoms with Gasteiger partial charge in [-0.3, -0.25) is 99.0 Å². The Bertz CT molecular complexity index is 4580. The minimum absolute atomic E-state index is 0.0112. The van der Waals surface area contributed by atoms with Gasteiger partial charge in [-0.05, 0) is 119 Å². The lowest BCUT2D eigenvalue weighted by atomic mass is 10.0. The number of carbonyl (C=O) groups excluding carboxylic acids is 15. The largest absolute Gasteiger partial charge is 0.508 e. The van der Waals surface area contributed by atoms with Crippen molar-refractivity contribution in [2.75, 3.05) is 72.2 Å². The number of likely N-dealkylation sites (tertiary alicyclic amines) is 1. The highest BCUT2D eigenvalue weighted by Gasteiger charge is 2.42. The van der Waals surface area contributed by atoms with E-state index in [9.17, 15) is 107 Å². The van der Waals surface area contributed by atoms with Crippen molar-refractivity contribution in [3.05, 3.63) is 102 Å². The van der Waals surface area contributed by atoms with Gasteiger partial charge in [0.05, 0.1) is 33.0 Å². The molecule has 0 aliphatic carbocycles. The first-order valence-corrected chi connectivity index (χ1v) is 44.2. The molecule has 4 rings (SSSR count). The number of nitrogens with two attached hydrogens (primary N) is 6. The number of hydrogen-bond donors (Lipinski definition) is 36. The van der Waals surface area contributed by atoms with Crippen molar-refractivity contribution in [1.29, 1.82) is 27.0 Å². The summed E-state index contributed by atoms with van der Waals surface area (Å²) in [6, 6.07) is -1.80. The highest BCUT2D eigenvalue weighted by molar-refractivity contribution is 6.01. The zero-order valence-corrected chi connectivity index (χ0v) is 76.3. The number of hydrogen-bond acceptors (Lipinski definition) is 27. The Morgan fingerprint density at radius 3 is 0.985 bits per heavy atom. The average Bonchev–Trinajstić information content (AvgIpc) is 1.71. The molecule has 53 nitrogen and oxygen atoms in total. The first-order chi connectivity index (χ1) is 65.0. The molecule has 0 aromatic heterocycles. The van der Waals surface area contributed by atoms with Crippen LogP contribution in [-0.2, 0) is 96.0 Å². The van der Waals surface area contributed by atoms with Crippen LogP contribution in [-0.4, -0.2) is 323 Å². The van der Waals surface area contributed by atoms with Gasteiger partial charge in [-0.2, -0.15) is 0 Å². The Hall–Kier alpha value is -14.9. The zero-order chi connectivity index (χ0) is 102. The van der Waals surface area contributed by atoms with Gasteiger partial charge in [0.1, 0.15) is 96.4 Å². The minimum Gasteiger partial charge on any atom is -0.508 e. The first kappa shape index (κ1) is 114. The second kappa shape index (κ2) is 60.4. The molecule has 1 aliphatic rings. The Morgan fingerprint density at radius 1 is 0.358 bits per heavy atom. The van der Waals surface area contributed by atoms with Gasteiger partial charge in [-0.15, -0.1) is 0 Å². The summed E-state index contributed by atoms with van der Waals surface area (Å²) in [4.78, 5) is 226. The molecule has 1 aliphatic heterocycles.